The number of likely N-dealkylation sites (tertiary alicyclic amines) is 1. The number of carbonyl (C=O) groups excluding carboxylic acids is 2. The molecule has 1 aliphatic heterocycles. The first-order chi connectivity index (χ1) is 25.2. The lowest BCUT2D eigenvalue weighted by Crippen LogP contribution is -2.40. The Morgan fingerprint density at radius 1 is 0.569 bits per heavy atom. The Balaban J connectivity index is 0.000000982. The second-order valence-corrected chi connectivity index (χ2v) is 15.8. The molecule has 0 aromatic rings. The van der Waals surface area contributed by atoms with E-state index in [0.717, 1.165) is 45.3 Å². The van der Waals surface area contributed by atoms with Gasteiger partial charge in [0.05, 0.1) is 6.17 Å². The van der Waals surface area contributed by atoms with Crippen molar-refractivity contribution in [3.63, 3.8) is 0 Å². The Morgan fingerprint density at radius 2 is 0.941 bits per heavy atom. The number of rotatable bonds is 39. The Hall–Kier alpha value is -1.14. The maximum Gasteiger partial charge on any atom is 0.220 e. The number of hydrogen-bond donors (Lipinski definition) is 3. The van der Waals surface area contributed by atoms with Crippen LogP contribution in [-0.2, 0) is 9.59 Å². The second kappa shape index (κ2) is 43.3. The van der Waals surface area contributed by atoms with Gasteiger partial charge in [-0.1, -0.05) is 206 Å². The van der Waals surface area contributed by atoms with Crippen LogP contribution in [0.15, 0.2) is 0 Å². The van der Waals surface area contributed by atoms with Gasteiger partial charge in [0, 0.05) is 26.1 Å². The molecule has 2 amide bonds. The van der Waals surface area contributed by atoms with Gasteiger partial charge in [-0.3, -0.25) is 14.5 Å². The van der Waals surface area contributed by atoms with Crippen molar-refractivity contribution in [3.05, 3.63) is 0 Å². The Kier molecular flexibility index (Phi) is 42.3. The Labute approximate surface area is 319 Å². The monoisotopic (exact) mass is 721 g/mol. The minimum Gasteiger partial charge on any atom is -0.356 e. The van der Waals surface area contributed by atoms with Crippen LogP contribution < -0.4 is 16.4 Å². The summed E-state index contributed by atoms with van der Waals surface area (Å²) >= 11 is 0. The van der Waals surface area contributed by atoms with Crippen molar-refractivity contribution in [2.75, 3.05) is 26.2 Å². The molecule has 6 heteroatoms. The average Bonchev–Trinajstić information content (AvgIpc) is 3.59. The highest BCUT2D eigenvalue weighted by Gasteiger charge is 2.22. The van der Waals surface area contributed by atoms with Gasteiger partial charge in [-0.25, -0.2) is 0 Å². The van der Waals surface area contributed by atoms with Gasteiger partial charge in [-0.05, 0) is 38.6 Å². The first-order valence-electron chi connectivity index (χ1n) is 23.1. The molecule has 1 rings (SSSR count). The molecule has 304 valence electrons. The van der Waals surface area contributed by atoms with Crippen LogP contribution in [0.3, 0.4) is 0 Å². The third-order valence-electron chi connectivity index (χ3n) is 10.9. The zero-order chi connectivity index (χ0) is 37.1. The maximum atomic E-state index is 11.4. The summed E-state index contributed by atoms with van der Waals surface area (Å²) in [6.07, 6.45) is 49.8. The Bertz CT molecular complexity index is 691. The smallest absolute Gasteiger partial charge is 0.220 e. The fraction of sp³-hybridized carbons (Fsp3) is 0.956. The van der Waals surface area contributed by atoms with Gasteiger partial charge in [0.2, 0.25) is 12.3 Å². The van der Waals surface area contributed by atoms with E-state index in [2.05, 4.69) is 29.4 Å². The molecule has 51 heavy (non-hydrogen) atoms. The molecule has 0 bridgehead atoms. The lowest BCUT2D eigenvalue weighted by molar-refractivity contribution is -0.121. The van der Waals surface area contributed by atoms with Crippen molar-refractivity contribution >= 4 is 12.3 Å². The van der Waals surface area contributed by atoms with Gasteiger partial charge in [-0.2, -0.15) is 0 Å². The van der Waals surface area contributed by atoms with Gasteiger partial charge >= 0.3 is 0 Å². The molecule has 6 nitrogen and oxygen atoms in total. The van der Waals surface area contributed by atoms with Crippen LogP contribution in [0.2, 0.25) is 0 Å². The minimum atomic E-state index is 0.159. The van der Waals surface area contributed by atoms with Crippen LogP contribution in [0.1, 0.15) is 245 Å². The molecule has 1 heterocycles. The van der Waals surface area contributed by atoms with Gasteiger partial charge in [0.1, 0.15) is 0 Å². The minimum absolute atomic E-state index is 0.159. The van der Waals surface area contributed by atoms with E-state index in [9.17, 15) is 9.59 Å². The molecular formula is C45H92N4O2. The largest absolute Gasteiger partial charge is 0.356 e. The summed E-state index contributed by atoms with van der Waals surface area (Å²) in [4.78, 5) is 24.4. The van der Waals surface area contributed by atoms with Gasteiger partial charge in [-0.15, -0.1) is 0 Å². The third kappa shape index (κ3) is 38.4. The van der Waals surface area contributed by atoms with E-state index in [0.29, 0.717) is 19.1 Å². The van der Waals surface area contributed by atoms with Crippen molar-refractivity contribution in [3.8, 4) is 0 Å². The predicted molar refractivity (Wildman–Crippen MR) is 224 cm³/mol. The molecule has 4 N–H and O–H groups in total. The fourth-order valence-electron chi connectivity index (χ4n) is 7.48. The van der Waals surface area contributed by atoms with Crippen molar-refractivity contribution in [2.45, 2.75) is 251 Å². The molecule has 1 aliphatic rings. The van der Waals surface area contributed by atoms with E-state index in [1.54, 1.807) is 0 Å². The number of unbranched alkanes of at least 4 members (excludes halogenated alkanes) is 30. The quantitative estimate of drug-likeness (QED) is 0.0436. The molecule has 1 saturated heterocycles. The fourth-order valence-corrected chi connectivity index (χ4v) is 7.48. The summed E-state index contributed by atoms with van der Waals surface area (Å²) in [6, 6.07) is 0. The molecule has 1 atom stereocenters. The number of nitrogens with zero attached hydrogens (tertiary/aromatic N) is 1. The van der Waals surface area contributed by atoms with Gasteiger partial charge < -0.3 is 16.4 Å². The maximum absolute atomic E-state index is 11.4. The van der Waals surface area contributed by atoms with Crippen LogP contribution in [-0.4, -0.2) is 49.6 Å². The molecule has 0 radical (unpaired) electrons. The molecule has 0 spiro atoms. The highest BCUT2D eigenvalue weighted by atomic mass is 16.1. The zero-order valence-corrected chi connectivity index (χ0v) is 34.8. The topological polar surface area (TPSA) is 87.5 Å². The number of hydrogen-bond acceptors (Lipinski definition) is 4. The standard InChI is InChI=1S/C23H46N2O.C22H46N2O/c1-2-3-4-5-6-7-8-9-10-11-12-13-14-15-16-17-20-25-21-18-19-23(25)24-22-26;1-2-3-4-5-6-7-8-9-10-11-12-13-14-15-16-17-21-24-22(25)19-18-20-23/h22-23H,2-21H2,1H3,(H,24,26);2-21,23H2,1H3,(H,24,25). The number of nitrogens with two attached hydrogens (primary N) is 1. The van der Waals surface area contributed by atoms with E-state index in [1.807, 2.05) is 0 Å². The molecular weight excluding hydrogens is 629 g/mol. The van der Waals surface area contributed by atoms with Crippen LogP contribution >= 0.6 is 0 Å². The number of carbonyl (C=O) groups is 2. The SMILES string of the molecule is CCCCCCCCCCCCCCCCCCN1CCCC1NC=O.CCCCCCCCCCCCCCCCCCNC(=O)CCCN. The van der Waals surface area contributed by atoms with Crippen LogP contribution in [0.4, 0.5) is 0 Å². The Morgan fingerprint density at radius 3 is 1.31 bits per heavy atom. The van der Waals surface area contributed by atoms with Crippen molar-refractivity contribution in [1.29, 1.82) is 0 Å². The zero-order valence-electron chi connectivity index (χ0n) is 34.8. The summed E-state index contributed by atoms with van der Waals surface area (Å²) < 4.78 is 0. The first kappa shape index (κ1) is 49.9. The summed E-state index contributed by atoms with van der Waals surface area (Å²) in [5.74, 6) is 0.159. The summed E-state index contributed by atoms with van der Waals surface area (Å²) in [7, 11) is 0. The van der Waals surface area contributed by atoms with Crippen LogP contribution in [0.25, 0.3) is 0 Å². The van der Waals surface area contributed by atoms with Crippen LogP contribution in [0, 0.1) is 0 Å². The summed E-state index contributed by atoms with van der Waals surface area (Å²) in [5.41, 5.74) is 5.39. The molecule has 1 unspecified atom stereocenters. The number of nitrogens with one attached hydrogen (secondary N) is 2. The molecule has 0 aromatic carbocycles. The second-order valence-electron chi connectivity index (χ2n) is 15.8. The highest BCUT2D eigenvalue weighted by Crippen LogP contribution is 2.17. The molecule has 0 aliphatic carbocycles. The number of amides is 2. The van der Waals surface area contributed by atoms with Crippen molar-refractivity contribution in [1.82, 2.24) is 15.5 Å². The normalized spacial score (nSPS) is 14.4. The lowest BCUT2D eigenvalue weighted by Gasteiger charge is -2.23. The average molecular weight is 721 g/mol. The van der Waals surface area contributed by atoms with E-state index in [1.165, 1.54) is 205 Å². The lowest BCUT2D eigenvalue weighted by atomic mass is 10.0. The summed E-state index contributed by atoms with van der Waals surface area (Å²) in [6.45, 7) is 8.33. The van der Waals surface area contributed by atoms with Crippen LogP contribution in [0.5, 0.6) is 0 Å². The third-order valence-corrected chi connectivity index (χ3v) is 10.9. The van der Waals surface area contributed by atoms with E-state index in [-0.39, 0.29) is 5.91 Å². The molecule has 1 fully saturated rings. The summed E-state index contributed by atoms with van der Waals surface area (Å²) in [5, 5.41) is 5.92. The predicted octanol–water partition coefficient (Wildman–Crippen LogP) is 12.5. The van der Waals surface area contributed by atoms with Crippen molar-refractivity contribution in [2.24, 2.45) is 5.73 Å². The van der Waals surface area contributed by atoms with E-state index < -0.39 is 0 Å². The first-order valence-corrected chi connectivity index (χ1v) is 23.1. The molecule has 0 saturated carbocycles. The van der Waals surface area contributed by atoms with Gasteiger partial charge in [0.15, 0.2) is 0 Å². The van der Waals surface area contributed by atoms with E-state index >= 15 is 0 Å². The van der Waals surface area contributed by atoms with E-state index in [4.69, 9.17) is 5.73 Å². The van der Waals surface area contributed by atoms with Crippen molar-refractivity contribution < 1.29 is 9.59 Å². The highest BCUT2D eigenvalue weighted by molar-refractivity contribution is 5.75. The molecule has 0 aromatic heterocycles. The van der Waals surface area contributed by atoms with Gasteiger partial charge in [0.25, 0.3) is 0 Å².